The number of phenols is 1. The first kappa shape index (κ1) is 21.8. The van der Waals surface area contributed by atoms with Crippen molar-refractivity contribution in [2.24, 2.45) is 0 Å². The second-order valence-electron chi connectivity index (χ2n) is 7.57. The topological polar surface area (TPSA) is 58.4 Å². The minimum absolute atomic E-state index is 0.103. The molecule has 0 radical (unpaired) electrons. The summed E-state index contributed by atoms with van der Waals surface area (Å²) in [5.41, 5.74) is 2.51. The highest BCUT2D eigenvalue weighted by atomic mass is 16.3. The third-order valence-electron chi connectivity index (χ3n) is 5.34. The van der Waals surface area contributed by atoms with Crippen LogP contribution in [0.4, 0.5) is 0 Å². The van der Waals surface area contributed by atoms with Crippen LogP contribution in [0, 0.1) is 0 Å². The zero-order valence-electron chi connectivity index (χ0n) is 17.7. The van der Waals surface area contributed by atoms with Crippen LogP contribution in [-0.4, -0.2) is 32.9 Å². The van der Waals surface area contributed by atoms with Gasteiger partial charge in [-0.15, -0.1) is 0 Å². The Kier molecular flexibility index (Phi) is 8.21. The van der Waals surface area contributed by atoms with Crippen molar-refractivity contribution in [2.45, 2.75) is 45.7 Å². The number of benzene rings is 2. The van der Waals surface area contributed by atoms with Crippen molar-refractivity contribution in [2.75, 3.05) is 13.1 Å². The summed E-state index contributed by atoms with van der Waals surface area (Å²) in [6, 6.07) is 20.8. The Morgan fingerprint density at radius 1 is 0.900 bits per heavy atom. The van der Waals surface area contributed by atoms with Crippen LogP contribution >= 0.6 is 0 Å². The zero-order valence-corrected chi connectivity index (χ0v) is 17.7. The second kappa shape index (κ2) is 11.3. The Morgan fingerprint density at radius 2 is 1.63 bits per heavy atom. The zero-order chi connectivity index (χ0) is 21.2. The number of hydrogen-bond acceptors (Lipinski definition) is 4. The number of hydrogen-bond donors (Lipinski definition) is 1. The van der Waals surface area contributed by atoms with E-state index in [1.165, 1.54) is 16.3 Å². The van der Waals surface area contributed by atoms with E-state index >= 15 is 0 Å². The van der Waals surface area contributed by atoms with Gasteiger partial charge >= 0.3 is 0 Å². The quantitative estimate of drug-likeness (QED) is 0.470. The lowest BCUT2D eigenvalue weighted by atomic mass is 10.1. The van der Waals surface area contributed by atoms with Gasteiger partial charge in [0.2, 0.25) is 0 Å². The van der Waals surface area contributed by atoms with Crippen LogP contribution in [0.3, 0.4) is 0 Å². The molecular weight excluding hydrogens is 374 g/mol. The van der Waals surface area contributed by atoms with Gasteiger partial charge in [0.15, 0.2) is 0 Å². The number of para-hydroxylation sites is 1. The molecule has 0 spiro atoms. The van der Waals surface area contributed by atoms with Crippen LogP contribution in [0.5, 0.6) is 5.75 Å². The number of phenolic OH excluding ortho intramolecular Hbond substituents is 1. The maximum atomic E-state index is 12.1. The molecule has 5 nitrogen and oxygen atoms in total. The monoisotopic (exact) mass is 405 g/mol. The van der Waals surface area contributed by atoms with Crippen molar-refractivity contribution in [1.82, 2.24) is 14.7 Å². The summed E-state index contributed by atoms with van der Waals surface area (Å²) in [7, 11) is 0. The molecule has 0 atom stereocenters. The van der Waals surface area contributed by atoms with Crippen LogP contribution in [0.25, 0.3) is 11.3 Å². The van der Waals surface area contributed by atoms with Crippen LogP contribution in [0.15, 0.2) is 71.5 Å². The van der Waals surface area contributed by atoms with Crippen molar-refractivity contribution in [3.63, 3.8) is 0 Å². The molecule has 0 amide bonds. The van der Waals surface area contributed by atoms with E-state index in [4.69, 9.17) is 0 Å². The van der Waals surface area contributed by atoms with Gasteiger partial charge in [0.05, 0.1) is 5.69 Å². The fourth-order valence-electron chi connectivity index (χ4n) is 3.58. The van der Waals surface area contributed by atoms with Gasteiger partial charge in [-0.05, 0) is 49.7 Å². The highest BCUT2D eigenvalue weighted by molar-refractivity contribution is 5.65. The number of rotatable bonds is 11. The molecule has 3 rings (SSSR count). The minimum atomic E-state index is -0.103. The summed E-state index contributed by atoms with van der Waals surface area (Å²) in [5, 5.41) is 14.5. The molecular formula is C25H31N3O2. The molecule has 158 valence electrons. The van der Waals surface area contributed by atoms with Crippen molar-refractivity contribution < 1.29 is 5.11 Å². The smallest absolute Gasteiger partial charge is 0.266 e. The van der Waals surface area contributed by atoms with Gasteiger partial charge in [-0.3, -0.25) is 9.69 Å². The first-order valence-corrected chi connectivity index (χ1v) is 10.8. The van der Waals surface area contributed by atoms with E-state index in [1.807, 2.05) is 6.07 Å². The average molecular weight is 406 g/mol. The van der Waals surface area contributed by atoms with Gasteiger partial charge in [0.1, 0.15) is 5.75 Å². The van der Waals surface area contributed by atoms with Gasteiger partial charge in [0, 0.05) is 24.7 Å². The maximum Gasteiger partial charge on any atom is 0.266 e. The average Bonchev–Trinajstić information content (AvgIpc) is 2.77. The molecule has 1 N–H and O–H groups in total. The molecule has 2 aromatic carbocycles. The predicted octanol–water partition coefficient (Wildman–Crippen LogP) is 4.70. The van der Waals surface area contributed by atoms with Gasteiger partial charge in [-0.25, -0.2) is 4.68 Å². The number of aromatic hydroxyl groups is 1. The summed E-state index contributed by atoms with van der Waals surface area (Å²) in [4.78, 5) is 14.6. The molecule has 30 heavy (non-hydrogen) atoms. The van der Waals surface area contributed by atoms with Crippen molar-refractivity contribution >= 4 is 0 Å². The molecule has 1 aromatic heterocycles. The van der Waals surface area contributed by atoms with E-state index < -0.39 is 0 Å². The van der Waals surface area contributed by atoms with Crippen molar-refractivity contribution in [3.05, 3.63) is 82.6 Å². The number of nitrogens with zero attached hydrogens (tertiary/aromatic N) is 3. The van der Waals surface area contributed by atoms with E-state index in [1.54, 1.807) is 24.3 Å². The van der Waals surface area contributed by atoms with E-state index in [9.17, 15) is 9.90 Å². The van der Waals surface area contributed by atoms with Gasteiger partial charge in [-0.1, -0.05) is 62.2 Å². The standard InChI is InChI=1S/C25H31N3O2/c1-2-27(20-21-12-6-5-7-13-21)18-10-3-4-11-19-28-25(30)17-16-23(26-28)22-14-8-9-15-24(22)29/h5-9,12-17,29H,2-4,10-11,18-20H2,1H3. The summed E-state index contributed by atoms with van der Waals surface area (Å²) in [6.07, 6.45) is 4.28. The largest absolute Gasteiger partial charge is 0.507 e. The van der Waals surface area contributed by atoms with E-state index in [0.29, 0.717) is 17.8 Å². The fraction of sp³-hybridized carbons (Fsp3) is 0.360. The van der Waals surface area contributed by atoms with Crippen LogP contribution in [0.1, 0.15) is 38.2 Å². The first-order valence-electron chi connectivity index (χ1n) is 10.8. The normalized spacial score (nSPS) is 11.1. The summed E-state index contributed by atoms with van der Waals surface area (Å²) in [5.74, 6) is 0.172. The number of aromatic nitrogens is 2. The third kappa shape index (κ3) is 6.29. The van der Waals surface area contributed by atoms with Gasteiger partial charge < -0.3 is 5.11 Å². The highest BCUT2D eigenvalue weighted by Gasteiger charge is 2.07. The maximum absolute atomic E-state index is 12.1. The Balaban J connectivity index is 1.44. The molecule has 0 aliphatic rings. The molecule has 0 aliphatic heterocycles. The van der Waals surface area contributed by atoms with E-state index in [2.05, 4.69) is 47.3 Å². The molecule has 0 saturated carbocycles. The molecule has 0 fully saturated rings. The summed E-state index contributed by atoms with van der Waals surface area (Å²) in [6.45, 7) is 5.94. The van der Waals surface area contributed by atoms with E-state index in [0.717, 1.165) is 45.3 Å². The SMILES string of the molecule is CCN(CCCCCCn1nc(-c2ccccc2O)ccc1=O)Cc1ccccc1. The second-order valence-corrected chi connectivity index (χ2v) is 7.57. The minimum Gasteiger partial charge on any atom is -0.507 e. The molecule has 5 heteroatoms. The van der Waals surface area contributed by atoms with E-state index in [-0.39, 0.29) is 11.3 Å². The predicted molar refractivity (Wildman–Crippen MR) is 121 cm³/mol. The molecule has 0 unspecified atom stereocenters. The lowest BCUT2D eigenvalue weighted by Crippen LogP contribution is -2.24. The van der Waals surface area contributed by atoms with Crippen LogP contribution in [-0.2, 0) is 13.1 Å². The summed E-state index contributed by atoms with van der Waals surface area (Å²) < 4.78 is 1.51. The molecule has 1 heterocycles. The lowest BCUT2D eigenvalue weighted by molar-refractivity contribution is 0.272. The van der Waals surface area contributed by atoms with Gasteiger partial charge in [0.25, 0.3) is 5.56 Å². The van der Waals surface area contributed by atoms with Gasteiger partial charge in [-0.2, -0.15) is 5.10 Å². The lowest BCUT2D eigenvalue weighted by Gasteiger charge is -2.20. The number of aryl methyl sites for hydroxylation is 1. The first-order chi connectivity index (χ1) is 14.7. The third-order valence-corrected chi connectivity index (χ3v) is 5.34. The van der Waals surface area contributed by atoms with Crippen molar-refractivity contribution in [1.29, 1.82) is 0 Å². The number of unbranched alkanes of at least 4 members (excludes halogenated alkanes) is 3. The molecule has 0 bridgehead atoms. The molecule has 0 aliphatic carbocycles. The highest BCUT2D eigenvalue weighted by Crippen LogP contribution is 2.25. The Hall–Kier alpha value is -2.92. The molecule has 0 saturated heterocycles. The van der Waals surface area contributed by atoms with Crippen LogP contribution < -0.4 is 5.56 Å². The van der Waals surface area contributed by atoms with Crippen LogP contribution in [0.2, 0.25) is 0 Å². The summed E-state index contributed by atoms with van der Waals surface area (Å²) >= 11 is 0. The Labute approximate surface area is 178 Å². The molecule has 3 aromatic rings. The Bertz CT molecular complexity index is 969. The van der Waals surface area contributed by atoms with Crippen molar-refractivity contribution in [3.8, 4) is 17.0 Å². The Morgan fingerprint density at radius 3 is 2.40 bits per heavy atom. The fourth-order valence-corrected chi connectivity index (χ4v) is 3.58.